The van der Waals surface area contributed by atoms with Crippen LogP contribution in [0.4, 0.5) is 4.39 Å². The minimum Gasteiger partial charge on any atom is -0.394 e. The molecular weight excluding hydrogens is 261 g/mol. The SMILES string of the molecule is Cc1cc(C)n(C(C)CC(=O)N2C[C@@H](F)C[C@H]2CO)n1. The van der Waals surface area contributed by atoms with Crippen molar-refractivity contribution in [2.75, 3.05) is 13.2 Å². The highest BCUT2D eigenvalue weighted by Crippen LogP contribution is 2.23. The lowest BCUT2D eigenvalue weighted by atomic mass is 10.2. The Morgan fingerprint density at radius 1 is 1.60 bits per heavy atom. The number of aryl methyl sites for hydroxylation is 2. The number of hydrogen-bond acceptors (Lipinski definition) is 3. The van der Waals surface area contributed by atoms with E-state index in [1.54, 1.807) is 0 Å². The van der Waals surface area contributed by atoms with Crippen LogP contribution in [-0.4, -0.2) is 51.1 Å². The van der Waals surface area contributed by atoms with Crippen molar-refractivity contribution >= 4 is 5.91 Å². The van der Waals surface area contributed by atoms with Crippen molar-refractivity contribution < 1.29 is 14.3 Å². The Balaban J connectivity index is 2.02. The molecule has 2 rings (SSSR count). The topological polar surface area (TPSA) is 58.4 Å². The summed E-state index contributed by atoms with van der Waals surface area (Å²) < 4.78 is 15.2. The molecule has 1 fully saturated rings. The van der Waals surface area contributed by atoms with E-state index in [2.05, 4.69) is 5.10 Å². The molecule has 112 valence electrons. The van der Waals surface area contributed by atoms with Gasteiger partial charge >= 0.3 is 0 Å². The van der Waals surface area contributed by atoms with Crippen molar-refractivity contribution in [3.63, 3.8) is 0 Å². The van der Waals surface area contributed by atoms with Crippen LogP contribution in [0.5, 0.6) is 0 Å². The van der Waals surface area contributed by atoms with E-state index in [1.807, 2.05) is 31.5 Å². The quantitative estimate of drug-likeness (QED) is 0.908. The second kappa shape index (κ2) is 5.91. The summed E-state index contributed by atoms with van der Waals surface area (Å²) in [6, 6.07) is 1.50. The molecule has 1 aromatic rings. The molecule has 0 aromatic carbocycles. The molecule has 20 heavy (non-hydrogen) atoms. The fourth-order valence-corrected chi connectivity index (χ4v) is 2.89. The number of nitrogens with zero attached hydrogens (tertiary/aromatic N) is 3. The summed E-state index contributed by atoms with van der Waals surface area (Å²) in [6.45, 7) is 5.70. The van der Waals surface area contributed by atoms with Crippen molar-refractivity contribution in [2.24, 2.45) is 0 Å². The monoisotopic (exact) mass is 283 g/mol. The molecule has 1 N–H and O–H groups in total. The van der Waals surface area contributed by atoms with E-state index in [0.717, 1.165) is 11.4 Å². The molecule has 6 heteroatoms. The molecule has 1 aliphatic rings. The summed E-state index contributed by atoms with van der Waals surface area (Å²) in [7, 11) is 0. The van der Waals surface area contributed by atoms with Crippen LogP contribution in [0, 0.1) is 13.8 Å². The highest BCUT2D eigenvalue weighted by molar-refractivity contribution is 5.77. The number of rotatable bonds is 4. The van der Waals surface area contributed by atoms with Gasteiger partial charge in [-0.3, -0.25) is 9.48 Å². The number of aliphatic hydroxyl groups is 1. The smallest absolute Gasteiger partial charge is 0.225 e. The van der Waals surface area contributed by atoms with Crippen molar-refractivity contribution in [1.29, 1.82) is 0 Å². The van der Waals surface area contributed by atoms with Crippen molar-refractivity contribution in [2.45, 2.75) is 51.9 Å². The fraction of sp³-hybridized carbons (Fsp3) is 0.714. The third-order valence-corrected chi connectivity index (χ3v) is 3.83. The Morgan fingerprint density at radius 2 is 2.30 bits per heavy atom. The summed E-state index contributed by atoms with van der Waals surface area (Å²) in [6.07, 6.45) is -0.526. The number of carbonyl (C=O) groups is 1. The lowest BCUT2D eigenvalue weighted by Gasteiger charge is -2.24. The van der Waals surface area contributed by atoms with Gasteiger partial charge in [0.15, 0.2) is 0 Å². The van der Waals surface area contributed by atoms with Crippen molar-refractivity contribution in [3.8, 4) is 0 Å². The molecule has 1 aromatic heterocycles. The molecule has 2 heterocycles. The van der Waals surface area contributed by atoms with Gasteiger partial charge in [0.1, 0.15) is 6.17 Å². The first-order chi connectivity index (χ1) is 9.42. The highest BCUT2D eigenvalue weighted by atomic mass is 19.1. The van der Waals surface area contributed by atoms with Crippen molar-refractivity contribution in [3.05, 3.63) is 17.5 Å². The maximum Gasteiger partial charge on any atom is 0.225 e. The molecule has 0 spiro atoms. The van der Waals surface area contributed by atoms with Gasteiger partial charge in [-0.15, -0.1) is 0 Å². The molecule has 0 radical (unpaired) electrons. The van der Waals surface area contributed by atoms with Gasteiger partial charge in [0.05, 0.1) is 30.9 Å². The van der Waals surface area contributed by atoms with E-state index in [0.29, 0.717) is 0 Å². The van der Waals surface area contributed by atoms with Gasteiger partial charge in [0, 0.05) is 18.5 Å². The first-order valence-electron chi connectivity index (χ1n) is 6.99. The zero-order valence-corrected chi connectivity index (χ0v) is 12.2. The molecule has 1 unspecified atom stereocenters. The highest BCUT2D eigenvalue weighted by Gasteiger charge is 2.35. The van der Waals surface area contributed by atoms with Gasteiger partial charge in [-0.2, -0.15) is 5.10 Å². The van der Waals surface area contributed by atoms with Crippen LogP contribution in [0.25, 0.3) is 0 Å². The van der Waals surface area contributed by atoms with Gasteiger partial charge in [-0.25, -0.2) is 4.39 Å². The lowest BCUT2D eigenvalue weighted by Crippen LogP contribution is -2.38. The van der Waals surface area contributed by atoms with E-state index >= 15 is 0 Å². The number of amides is 1. The Morgan fingerprint density at radius 3 is 2.85 bits per heavy atom. The third kappa shape index (κ3) is 3.00. The van der Waals surface area contributed by atoms with Crippen molar-refractivity contribution in [1.82, 2.24) is 14.7 Å². The van der Waals surface area contributed by atoms with Gasteiger partial charge in [0.25, 0.3) is 0 Å². The Bertz CT molecular complexity index is 489. The molecule has 1 amide bonds. The van der Waals surface area contributed by atoms with Crippen LogP contribution in [0.1, 0.15) is 37.2 Å². The van der Waals surface area contributed by atoms with E-state index in [9.17, 15) is 14.3 Å². The van der Waals surface area contributed by atoms with Crippen LogP contribution in [0.15, 0.2) is 6.07 Å². The molecular formula is C14H22FN3O2. The standard InChI is InChI=1S/C14H22FN3O2/c1-9-4-10(2)18(16-9)11(3)5-14(20)17-7-12(15)6-13(17)8-19/h4,11-13,19H,5-8H2,1-3H3/t11?,12-,13-/m0/s1. The molecule has 0 bridgehead atoms. The first-order valence-corrected chi connectivity index (χ1v) is 6.99. The average molecular weight is 283 g/mol. The maximum absolute atomic E-state index is 13.4. The zero-order valence-electron chi connectivity index (χ0n) is 12.2. The van der Waals surface area contributed by atoms with Crippen LogP contribution in [-0.2, 0) is 4.79 Å². The number of halogens is 1. The van der Waals surface area contributed by atoms with Crippen LogP contribution in [0.3, 0.4) is 0 Å². The van der Waals surface area contributed by atoms with Gasteiger partial charge < -0.3 is 10.0 Å². The van der Waals surface area contributed by atoms with E-state index in [-0.39, 0.29) is 44.0 Å². The Hall–Kier alpha value is -1.43. The largest absolute Gasteiger partial charge is 0.394 e. The first kappa shape index (κ1) is 15.0. The number of alkyl halides is 1. The van der Waals surface area contributed by atoms with Gasteiger partial charge in [0.2, 0.25) is 5.91 Å². The number of aliphatic hydroxyl groups excluding tert-OH is 1. The zero-order chi connectivity index (χ0) is 14.9. The normalized spacial score (nSPS) is 24.1. The van der Waals surface area contributed by atoms with E-state index in [1.165, 1.54) is 4.90 Å². The molecule has 1 aliphatic heterocycles. The number of carbonyl (C=O) groups excluding carboxylic acids is 1. The predicted molar refractivity (Wildman–Crippen MR) is 73.1 cm³/mol. The van der Waals surface area contributed by atoms with Gasteiger partial charge in [-0.05, 0) is 26.8 Å². The third-order valence-electron chi connectivity index (χ3n) is 3.83. The molecule has 0 saturated carbocycles. The number of hydrogen-bond donors (Lipinski definition) is 1. The summed E-state index contributed by atoms with van der Waals surface area (Å²) in [5, 5.41) is 13.6. The van der Waals surface area contributed by atoms with E-state index < -0.39 is 6.17 Å². The minimum atomic E-state index is -1.03. The second-order valence-electron chi connectivity index (χ2n) is 5.64. The second-order valence-corrected chi connectivity index (χ2v) is 5.64. The summed E-state index contributed by atoms with van der Waals surface area (Å²) in [4.78, 5) is 13.7. The van der Waals surface area contributed by atoms with Gasteiger partial charge in [-0.1, -0.05) is 0 Å². The molecule has 5 nitrogen and oxygen atoms in total. The summed E-state index contributed by atoms with van der Waals surface area (Å²) in [5.41, 5.74) is 1.92. The minimum absolute atomic E-state index is 0.0748. The molecule has 0 aliphatic carbocycles. The lowest BCUT2D eigenvalue weighted by molar-refractivity contribution is -0.133. The summed E-state index contributed by atoms with van der Waals surface area (Å²) in [5.74, 6) is -0.121. The predicted octanol–water partition coefficient (Wildman–Crippen LogP) is 1.38. The molecule has 3 atom stereocenters. The van der Waals surface area contributed by atoms with Crippen LogP contribution in [0.2, 0.25) is 0 Å². The Labute approximate surface area is 118 Å². The van der Waals surface area contributed by atoms with Crippen LogP contribution >= 0.6 is 0 Å². The fourth-order valence-electron chi connectivity index (χ4n) is 2.89. The maximum atomic E-state index is 13.4. The summed E-state index contributed by atoms with van der Waals surface area (Å²) >= 11 is 0. The van der Waals surface area contributed by atoms with E-state index in [4.69, 9.17) is 0 Å². The van der Waals surface area contributed by atoms with Crippen LogP contribution < -0.4 is 0 Å². The average Bonchev–Trinajstić information content (AvgIpc) is 2.91. The number of aromatic nitrogens is 2. The number of likely N-dealkylation sites (tertiary alicyclic amines) is 1. The Kier molecular flexibility index (Phi) is 4.42. The molecule has 1 saturated heterocycles.